The fourth-order valence-corrected chi connectivity index (χ4v) is 13.9. The van der Waals surface area contributed by atoms with Gasteiger partial charge < -0.3 is 70.6 Å². The van der Waals surface area contributed by atoms with Crippen molar-refractivity contribution in [3.05, 3.63) is 158 Å². The van der Waals surface area contributed by atoms with Crippen LogP contribution in [0.5, 0.6) is 23.0 Å². The molecule has 0 saturated carbocycles. The first-order valence-electron chi connectivity index (χ1n) is 31.3. The number of methoxy groups -OCH3 is 4. The third-order valence-corrected chi connectivity index (χ3v) is 18.5. The molecule has 12 aromatic rings. The molecule has 31 heteroatoms. The molecule has 12 heterocycles. The summed E-state index contributed by atoms with van der Waals surface area (Å²) in [6.45, 7) is 24.3. The summed E-state index contributed by atoms with van der Waals surface area (Å²) in [5, 5.41) is 17.3. The molecule has 0 atom stereocenters. The average Bonchev–Trinajstić information content (AvgIpc) is 1.66. The molecule has 522 valence electrons. The number of pyridine rings is 4. The van der Waals surface area contributed by atoms with Gasteiger partial charge in [-0.1, -0.05) is 60.3 Å². The van der Waals surface area contributed by atoms with Gasteiger partial charge in [-0.05, 0) is 127 Å². The van der Waals surface area contributed by atoms with Crippen molar-refractivity contribution in [1.29, 1.82) is 0 Å². The Labute approximate surface area is 606 Å². The number of aliphatic hydroxyl groups excluding tert-OH is 1. The van der Waals surface area contributed by atoms with E-state index in [1.54, 1.807) is 34.6 Å². The SMILES string of the molecule is COc1c(C)cnc(Cn2cc(CCNCC(C)C)c3c(Cl)nc(N)nc32)c1C.COc1c(C)cnc(Cn2cc(CCO)c3c(Cl)nc(N)nc32)c1C.COc1c(C)cnc(Cn2cc(I)c3c(Cl)nc(N)nc32)c1C.COc1c(C)cnc(Cn2ccc3c(Cl)nc(N)nc32)c1C. The van der Waals surface area contributed by atoms with Gasteiger partial charge in [0.1, 0.15) is 66.2 Å². The normalized spacial score (nSPS) is 11.3. The van der Waals surface area contributed by atoms with Crippen LogP contribution < -0.4 is 47.2 Å². The lowest BCUT2D eigenvalue weighted by Crippen LogP contribution is -2.22. The molecule has 0 bridgehead atoms. The maximum atomic E-state index is 9.32. The molecular weight excluding hydrogens is 1460 g/mol. The van der Waals surface area contributed by atoms with Gasteiger partial charge in [-0.3, -0.25) is 19.9 Å². The molecule has 0 radical (unpaired) electrons. The van der Waals surface area contributed by atoms with Gasteiger partial charge in [0.05, 0.1) is 98.9 Å². The zero-order chi connectivity index (χ0) is 71.8. The average molecular weight is 1540 g/mol. The van der Waals surface area contributed by atoms with E-state index in [0.717, 1.165) is 146 Å². The van der Waals surface area contributed by atoms with Crippen molar-refractivity contribution in [3.63, 3.8) is 0 Å². The summed E-state index contributed by atoms with van der Waals surface area (Å²) in [5.41, 5.74) is 39.4. The number of aryl methyl sites for hydroxylation is 4. The standard InChI is InChI=1S/C21H29ClN6O.C17H20ClN5O2.C15H15ClIN5O.C15H16ClN5O/c1-12(2)8-24-7-6-15-10-28(20-17(15)19(22)26-21(23)27-20)11-16-14(4)18(29-5)13(3)9-25-16;1-9-6-20-12(10(2)14(9)25-3)8-23-7-11(4-5-24)13-15(18)21-17(19)22-16(13)23;1-7-4-19-10(8(2)12(7)23-3)6-22-5-9(17)11-13(16)20-15(18)21-14(11)22;1-8-6-18-11(9(2)12(8)22-3)7-21-5-4-10-13(16)19-15(17)20-14(10)21/h9-10,12,24H,6-8,11H2,1-5H3,(H2,23,26,27);6-7,24H,4-5,8H2,1-3H3,(H2,19,21,22);4-5H,6H2,1-3H3,(H2,18,20,21);4-6H,7H2,1-3H3,(H2,17,19,20). The first kappa shape index (κ1) is 74.5. The van der Waals surface area contributed by atoms with E-state index in [0.29, 0.717) is 76.3 Å². The molecule has 0 amide bonds. The number of hydrogen-bond acceptors (Lipinski definition) is 22. The Kier molecular flexibility index (Phi) is 24.5. The first-order chi connectivity index (χ1) is 47.2. The lowest BCUT2D eigenvalue weighted by Gasteiger charge is -2.13. The minimum atomic E-state index is 0.00938. The van der Waals surface area contributed by atoms with E-state index in [9.17, 15) is 5.11 Å². The Morgan fingerprint density at radius 2 is 0.798 bits per heavy atom. The van der Waals surface area contributed by atoms with Crippen LogP contribution in [0.15, 0.2) is 55.6 Å². The van der Waals surface area contributed by atoms with Gasteiger partial charge in [-0.2, -0.15) is 19.9 Å². The molecule has 0 aliphatic heterocycles. The van der Waals surface area contributed by atoms with E-state index in [1.165, 1.54) is 0 Å². The predicted octanol–water partition coefficient (Wildman–Crippen LogP) is 11.9. The van der Waals surface area contributed by atoms with Gasteiger partial charge in [0.25, 0.3) is 0 Å². The quantitative estimate of drug-likeness (QED) is 0.0249. The maximum absolute atomic E-state index is 9.32. The summed E-state index contributed by atoms with van der Waals surface area (Å²) in [6, 6.07) is 1.87. The molecule has 0 aromatic carbocycles. The predicted molar refractivity (Wildman–Crippen MR) is 400 cm³/mol. The Balaban J connectivity index is 0.000000155. The van der Waals surface area contributed by atoms with Crippen molar-refractivity contribution in [2.24, 2.45) is 5.92 Å². The molecule has 0 spiro atoms. The fraction of sp³-hybridized carbons (Fsp3) is 0.353. The van der Waals surface area contributed by atoms with Crippen LogP contribution in [0.25, 0.3) is 44.1 Å². The topological polar surface area (TPSA) is 348 Å². The summed E-state index contributed by atoms with van der Waals surface area (Å²) in [5.74, 6) is 4.58. The van der Waals surface area contributed by atoms with Gasteiger partial charge in [0, 0.05) is 104 Å². The van der Waals surface area contributed by atoms with Crippen molar-refractivity contribution >= 4 is 137 Å². The largest absolute Gasteiger partial charge is 0.496 e. The number of aromatic nitrogens is 16. The highest BCUT2D eigenvalue weighted by Crippen LogP contribution is 2.35. The van der Waals surface area contributed by atoms with Crippen LogP contribution in [0.4, 0.5) is 23.8 Å². The molecule has 0 fully saturated rings. The zero-order valence-corrected chi connectivity index (χ0v) is 62.8. The number of nitrogen functional groups attached to an aromatic ring is 4. The molecule has 0 aliphatic rings. The van der Waals surface area contributed by atoms with Crippen LogP contribution in [0.3, 0.4) is 0 Å². The number of ether oxygens (including phenoxy) is 4. The number of aliphatic hydroxyl groups is 1. The third kappa shape index (κ3) is 16.6. The second-order valence-corrected chi connectivity index (χ2v) is 26.5. The second-order valence-electron chi connectivity index (χ2n) is 23.9. The minimum absolute atomic E-state index is 0.00938. The van der Waals surface area contributed by atoms with Gasteiger partial charge in [0.15, 0.2) is 0 Å². The smallest absolute Gasteiger partial charge is 0.223 e. The van der Waals surface area contributed by atoms with E-state index in [4.69, 9.17) is 88.3 Å². The molecule has 0 saturated heterocycles. The number of nitrogens with one attached hydrogen (secondary N) is 1. The van der Waals surface area contributed by atoms with Crippen molar-refractivity contribution in [2.45, 2.75) is 108 Å². The van der Waals surface area contributed by atoms with Crippen molar-refractivity contribution in [2.75, 3.05) is 71.1 Å². The zero-order valence-electron chi connectivity index (χ0n) is 57.6. The van der Waals surface area contributed by atoms with E-state index in [-0.39, 0.29) is 35.6 Å². The molecule has 99 heavy (non-hydrogen) atoms. The summed E-state index contributed by atoms with van der Waals surface area (Å²) < 4.78 is 30.8. The number of anilines is 4. The first-order valence-corrected chi connectivity index (χ1v) is 33.9. The van der Waals surface area contributed by atoms with Crippen molar-refractivity contribution in [1.82, 2.24) is 83.4 Å². The monoisotopic (exact) mass is 1540 g/mol. The van der Waals surface area contributed by atoms with Crippen LogP contribution in [0.2, 0.25) is 20.6 Å². The summed E-state index contributed by atoms with van der Waals surface area (Å²) in [6.07, 6.45) is 16.4. The van der Waals surface area contributed by atoms with Gasteiger partial charge in [-0.25, -0.2) is 19.9 Å². The van der Waals surface area contributed by atoms with Crippen molar-refractivity contribution < 1.29 is 24.1 Å². The van der Waals surface area contributed by atoms with E-state index >= 15 is 0 Å². The molecule has 0 unspecified atom stereocenters. The van der Waals surface area contributed by atoms with Crippen LogP contribution in [-0.4, -0.2) is 131 Å². The molecule has 12 rings (SSSR count). The Bertz CT molecular complexity index is 4940. The van der Waals surface area contributed by atoms with Crippen molar-refractivity contribution in [3.8, 4) is 23.0 Å². The highest BCUT2D eigenvalue weighted by molar-refractivity contribution is 14.1. The fourth-order valence-electron chi connectivity index (χ4n) is 11.8. The van der Waals surface area contributed by atoms with Crippen LogP contribution in [-0.2, 0) is 39.0 Å². The lowest BCUT2D eigenvalue weighted by atomic mass is 10.1. The minimum Gasteiger partial charge on any atom is -0.496 e. The number of fused-ring (bicyclic) bond motifs is 4. The molecular formula is C68H80Cl4IN21O5. The molecule has 0 aliphatic carbocycles. The molecule has 10 N–H and O–H groups in total. The van der Waals surface area contributed by atoms with Crippen LogP contribution >= 0.6 is 69.0 Å². The Hall–Kier alpha value is -8.71. The van der Waals surface area contributed by atoms with Gasteiger partial charge in [0.2, 0.25) is 23.8 Å². The van der Waals surface area contributed by atoms with Crippen LogP contribution in [0, 0.1) is 64.9 Å². The maximum Gasteiger partial charge on any atom is 0.223 e. The number of halogens is 5. The number of nitrogens with zero attached hydrogens (tertiary/aromatic N) is 16. The Morgan fingerprint density at radius 1 is 0.465 bits per heavy atom. The van der Waals surface area contributed by atoms with E-state index < -0.39 is 0 Å². The summed E-state index contributed by atoms with van der Waals surface area (Å²) >= 11 is 27.2. The highest BCUT2D eigenvalue weighted by atomic mass is 127. The van der Waals surface area contributed by atoms with Gasteiger partial charge >= 0.3 is 0 Å². The number of rotatable bonds is 19. The molecule has 12 aromatic heterocycles. The highest BCUT2D eigenvalue weighted by Gasteiger charge is 2.22. The Morgan fingerprint density at radius 3 is 1.17 bits per heavy atom. The second kappa shape index (κ2) is 32.5. The van der Waals surface area contributed by atoms with Crippen LogP contribution in [0.1, 0.15) is 92.3 Å². The summed E-state index contributed by atoms with van der Waals surface area (Å²) in [7, 11) is 6.66. The van der Waals surface area contributed by atoms with E-state index in [1.807, 2.05) is 117 Å². The van der Waals surface area contributed by atoms with Gasteiger partial charge in [-0.15, -0.1) is 0 Å². The number of hydrogen-bond donors (Lipinski definition) is 6. The van der Waals surface area contributed by atoms with E-state index in [2.05, 4.69) is 108 Å². The lowest BCUT2D eigenvalue weighted by molar-refractivity contribution is 0.300. The third-order valence-electron chi connectivity index (χ3n) is 16.6. The number of nitrogens with two attached hydrogens (primary N) is 4. The molecule has 26 nitrogen and oxygen atoms in total. The summed E-state index contributed by atoms with van der Waals surface area (Å²) in [4.78, 5) is 51.7.